The number of nitrogens with two attached hydrogens (primary N) is 1. The quantitative estimate of drug-likeness (QED) is 0.541. The second-order valence-electron chi connectivity index (χ2n) is 5.20. The molecule has 3 N–H and O–H groups in total. The maximum absolute atomic E-state index is 13.7. The summed E-state index contributed by atoms with van der Waals surface area (Å²) in [7, 11) is 0. The van der Waals surface area contributed by atoms with Gasteiger partial charge in [-0.3, -0.25) is 9.59 Å². The number of rotatable bonds is 8. The number of primary amides is 1. The number of amides is 2. The molecule has 2 aromatic carbocycles. The maximum Gasteiger partial charge on any atom is 0.339 e. The Morgan fingerprint density at radius 2 is 1.77 bits per heavy atom. The first-order chi connectivity index (χ1) is 12.5. The molecule has 0 saturated heterocycles. The zero-order valence-electron chi connectivity index (χ0n) is 13.7. The van der Waals surface area contributed by atoms with E-state index in [-0.39, 0.29) is 17.9 Å². The summed E-state index contributed by atoms with van der Waals surface area (Å²) in [6, 6.07) is 13.1. The molecule has 8 heteroatoms. The van der Waals surface area contributed by atoms with Crippen LogP contribution in [0.5, 0.6) is 0 Å². The van der Waals surface area contributed by atoms with E-state index in [4.69, 9.17) is 10.5 Å². The van der Waals surface area contributed by atoms with Gasteiger partial charge in [-0.2, -0.15) is 0 Å². The molecule has 0 unspecified atom stereocenters. The van der Waals surface area contributed by atoms with Crippen LogP contribution in [0.15, 0.2) is 53.4 Å². The maximum atomic E-state index is 13.7. The second-order valence-corrected chi connectivity index (χ2v) is 6.21. The molecular formula is C18H17FN2O4S. The van der Waals surface area contributed by atoms with Crippen LogP contribution >= 0.6 is 11.8 Å². The van der Waals surface area contributed by atoms with Gasteiger partial charge in [0.1, 0.15) is 5.82 Å². The van der Waals surface area contributed by atoms with Crippen LogP contribution in [0.3, 0.4) is 0 Å². The third-order valence-electron chi connectivity index (χ3n) is 3.24. The minimum Gasteiger partial charge on any atom is -0.452 e. The average molecular weight is 376 g/mol. The first-order valence-corrected chi connectivity index (χ1v) is 8.63. The summed E-state index contributed by atoms with van der Waals surface area (Å²) >= 11 is 1.29. The number of ether oxygens (including phenoxy) is 1. The molecule has 0 bridgehead atoms. The number of carbonyl (C=O) groups is 3. The molecule has 2 amide bonds. The van der Waals surface area contributed by atoms with Crippen molar-refractivity contribution in [1.82, 2.24) is 5.32 Å². The fourth-order valence-corrected chi connectivity index (χ4v) is 3.00. The van der Waals surface area contributed by atoms with Gasteiger partial charge in [-0.15, -0.1) is 11.8 Å². The summed E-state index contributed by atoms with van der Waals surface area (Å²) in [5.41, 5.74) is 5.70. The molecule has 0 heterocycles. The zero-order valence-corrected chi connectivity index (χ0v) is 14.6. The van der Waals surface area contributed by atoms with Crippen molar-refractivity contribution in [3.05, 3.63) is 65.5 Å². The SMILES string of the molecule is NC(=O)CNC(=O)COC(=O)c1ccccc1SCc1ccccc1F. The highest BCUT2D eigenvalue weighted by molar-refractivity contribution is 7.98. The number of esters is 1. The van der Waals surface area contributed by atoms with Crippen molar-refractivity contribution in [3.8, 4) is 0 Å². The van der Waals surface area contributed by atoms with E-state index < -0.39 is 24.4 Å². The van der Waals surface area contributed by atoms with E-state index in [9.17, 15) is 18.8 Å². The summed E-state index contributed by atoms with van der Waals surface area (Å²) in [6.45, 7) is -0.857. The van der Waals surface area contributed by atoms with E-state index >= 15 is 0 Å². The molecule has 136 valence electrons. The van der Waals surface area contributed by atoms with Gasteiger partial charge in [-0.25, -0.2) is 9.18 Å². The monoisotopic (exact) mass is 376 g/mol. The summed E-state index contributed by atoms with van der Waals surface area (Å²) < 4.78 is 18.7. The Bertz CT molecular complexity index is 813. The predicted octanol–water partition coefficient (Wildman–Crippen LogP) is 1.88. The van der Waals surface area contributed by atoms with E-state index in [0.717, 1.165) is 0 Å². The number of halogens is 1. The zero-order chi connectivity index (χ0) is 18.9. The molecular weight excluding hydrogens is 359 g/mol. The van der Waals surface area contributed by atoms with Crippen LogP contribution in [0, 0.1) is 5.82 Å². The number of thioether (sulfide) groups is 1. The van der Waals surface area contributed by atoms with Gasteiger partial charge >= 0.3 is 5.97 Å². The van der Waals surface area contributed by atoms with E-state index in [0.29, 0.717) is 16.2 Å². The predicted molar refractivity (Wildman–Crippen MR) is 94.9 cm³/mol. The summed E-state index contributed by atoms with van der Waals surface area (Å²) in [5, 5.41) is 2.22. The molecule has 0 saturated carbocycles. The first kappa shape index (κ1) is 19.5. The lowest BCUT2D eigenvalue weighted by Gasteiger charge is -2.10. The third-order valence-corrected chi connectivity index (χ3v) is 4.36. The van der Waals surface area contributed by atoms with E-state index in [1.54, 1.807) is 42.5 Å². The lowest BCUT2D eigenvalue weighted by Crippen LogP contribution is -2.36. The fraction of sp³-hybridized carbons (Fsp3) is 0.167. The summed E-state index contributed by atoms with van der Waals surface area (Å²) in [5.74, 6) is -1.98. The molecule has 0 spiro atoms. The van der Waals surface area contributed by atoms with Crippen molar-refractivity contribution in [2.45, 2.75) is 10.6 Å². The van der Waals surface area contributed by atoms with E-state index in [1.165, 1.54) is 17.8 Å². The average Bonchev–Trinajstić information content (AvgIpc) is 2.64. The topological polar surface area (TPSA) is 98.5 Å². The van der Waals surface area contributed by atoms with Crippen LogP contribution in [-0.4, -0.2) is 30.9 Å². The number of hydrogen-bond donors (Lipinski definition) is 2. The molecule has 0 fully saturated rings. The van der Waals surface area contributed by atoms with Gasteiger partial charge in [-0.1, -0.05) is 30.3 Å². The second kappa shape index (κ2) is 9.57. The van der Waals surface area contributed by atoms with Crippen molar-refractivity contribution in [1.29, 1.82) is 0 Å². The Balaban J connectivity index is 1.97. The van der Waals surface area contributed by atoms with Crippen molar-refractivity contribution < 1.29 is 23.5 Å². The van der Waals surface area contributed by atoms with Gasteiger partial charge in [0.15, 0.2) is 6.61 Å². The van der Waals surface area contributed by atoms with Gasteiger partial charge in [0.25, 0.3) is 5.91 Å². The molecule has 0 aliphatic carbocycles. The Kier molecular flexibility index (Phi) is 7.16. The molecule has 2 rings (SSSR count). The molecule has 0 radical (unpaired) electrons. The Labute approximate surface area is 153 Å². The molecule has 26 heavy (non-hydrogen) atoms. The van der Waals surface area contributed by atoms with Gasteiger partial charge < -0.3 is 15.8 Å². The number of hydrogen-bond acceptors (Lipinski definition) is 5. The molecule has 0 aliphatic heterocycles. The smallest absolute Gasteiger partial charge is 0.339 e. The molecule has 0 aromatic heterocycles. The van der Waals surface area contributed by atoms with Crippen molar-refractivity contribution in [3.63, 3.8) is 0 Å². The lowest BCUT2D eigenvalue weighted by molar-refractivity contribution is -0.127. The highest BCUT2D eigenvalue weighted by atomic mass is 32.2. The van der Waals surface area contributed by atoms with Gasteiger partial charge in [0.2, 0.25) is 5.91 Å². The highest BCUT2D eigenvalue weighted by Gasteiger charge is 2.15. The van der Waals surface area contributed by atoms with Crippen LogP contribution < -0.4 is 11.1 Å². The van der Waals surface area contributed by atoms with Crippen molar-refractivity contribution >= 4 is 29.5 Å². The minimum atomic E-state index is -0.695. The Hall–Kier alpha value is -2.87. The Morgan fingerprint density at radius 1 is 1.08 bits per heavy atom. The largest absolute Gasteiger partial charge is 0.452 e. The molecule has 6 nitrogen and oxygen atoms in total. The third kappa shape index (κ3) is 5.89. The lowest BCUT2D eigenvalue weighted by atomic mass is 10.2. The van der Waals surface area contributed by atoms with Crippen LogP contribution in [0.25, 0.3) is 0 Å². The van der Waals surface area contributed by atoms with Crippen LogP contribution in [0.2, 0.25) is 0 Å². The minimum absolute atomic E-state index is 0.275. The van der Waals surface area contributed by atoms with Crippen molar-refractivity contribution in [2.24, 2.45) is 5.73 Å². The summed E-state index contributed by atoms with van der Waals surface area (Å²) in [6.07, 6.45) is 0. The first-order valence-electron chi connectivity index (χ1n) is 7.64. The highest BCUT2D eigenvalue weighted by Crippen LogP contribution is 2.27. The van der Waals surface area contributed by atoms with Gasteiger partial charge in [0.05, 0.1) is 12.1 Å². The van der Waals surface area contributed by atoms with Gasteiger partial charge in [-0.05, 0) is 23.8 Å². The van der Waals surface area contributed by atoms with Crippen molar-refractivity contribution in [2.75, 3.05) is 13.2 Å². The van der Waals surface area contributed by atoms with Crippen LogP contribution in [-0.2, 0) is 20.1 Å². The Morgan fingerprint density at radius 3 is 2.50 bits per heavy atom. The number of carbonyl (C=O) groups excluding carboxylic acids is 3. The van der Waals surface area contributed by atoms with E-state index in [2.05, 4.69) is 5.32 Å². The van der Waals surface area contributed by atoms with E-state index in [1.807, 2.05) is 0 Å². The summed E-state index contributed by atoms with van der Waals surface area (Å²) in [4.78, 5) is 34.9. The fourth-order valence-electron chi connectivity index (χ4n) is 1.98. The number of nitrogens with one attached hydrogen (secondary N) is 1. The standard InChI is InChI=1S/C18H17FN2O4S/c19-14-7-3-1-5-12(14)11-26-15-8-4-2-6-13(15)18(24)25-10-17(23)21-9-16(20)22/h1-8H,9-11H2,(H2,20,22)(H,21,23). The van der Waals surface area contributed by atoms with Gasteiger partial charge in [0, 0.05) is 10.6 Å². The van der Waals surface area contributed by atoms with Crippen LogP contribution in [0.1, 0.15) is 15.9 Å². The molecule has 0 atom stereocenters. The normalized spacial score (nSPS) is 10.2. The molecule has 2 aromatic rings. The number of benzene rings is 2. The molecule has 0 aliphatic rings. The van der Waals surface area contributed by atoms with Crippen LogP contribution in [0.4, 0.5) is 4.39 Å².